The molecule has 0 saturated carbocycles. The molecule has 7 atom stereocenters. The predicted octanol–water partition coefficient (Wildman–Crippen LogP) is -0.603. The van der Waals surface area contributed by atoms with Crippen molar-refractivity contribution in [3.05, 3.63) is 89.1 Å². The number of nitrogens with two attached hydrogens (primary N) is 3. The van der Waals surface area contributed by atoms with Crippen LogP contribution in [0.25, 0.3) is 10.9 Å². The third kappa shape index (κ3) is 17.3. The number of fused-ring (bicyclic) bond motifs is 1. The molecule has 0 radical (unpaired) electrons. The highest BCUT2D eigenvalue weighted by Gasteiger charge is 2.33. The summed E-state index contributed by atoms with van der Waals surface area (Å²) in [5.41, 5.74) is 19.7. The van der Waals surface area contributed by atoms with Gasteiger partial charge in [0.1, 0.15) is 36.3 Å². The first-order chi connectivity index (χ1) is 33.1. The highest BCUT2D eigenvalue weighted by Crippen LogP contribution is 2.20. The number of H-pyrrole nitrogens is 2. The van der Waals surface area contributed by atoms with E-state index in [4.69, 9.17) is 28.8 Å². The molecule has 0 aliphatic rings. The van der Waals surface area contributed by atoms with E-state index in [0.717, 1.165) is 10.9 Å². The zero-order chi connectivity index (χ0) is 51.7. The summed E-state index contributed by atoms with van der Waals surface area (Å²) < 4.78 is 0. The molecule has 0 spiro atoms. The maximum Gasteiger partial charge on any atom is 0.243 e. The van der Waals surface area contributed by atoms with Gasteiger partial charge in [0.05, 0.1) is 18.9 Å². The number of primary amides is 2. The van der Waals surface area contributed by atoms with Crippen molar-refractivity contribution in [1.82, 2.24) is 52.2 Å². The maximum absolute atomic E-state index is 14.1. The normalized spacial score (nSPS) is 14.2. The Kier molecular flexibility index (Phi) is 20.9. The fourth-order valence-corrected chi connectivity index (χ4v) is 7.46. The van der Waals surface area contributed by atoms with Crippen molar-refractivity contribution in [3.8, 4) is 0 Å². The molecule has 0 fully saturated rings. The van der Waals surface area contributed by atoms with Gasteiger partial charge in [-0.3, -0.25) is 43.2 Å². The summed E-state index contributed by atoms with van der Waals surface area (Å²) in [5, 5.41) is 19.3. The van der Waals surface area contributed by atoms with Crippen LogP contribution in [-0.4, -0.2) is 117 Å². The number of halogens is 1. The van der Waals surface area contributed by atoms with Gasteiger partial charge in [-0.15, -0.1) is 0 Å². The van der Waals surface area contributed by atoms with Crippen molar-refractivity contribution in [2.75, 3.05) is 6.54 Å². The van der Waals surface area contributed by atoms with E-state index in [2.05, 4.69) is 52.2 Å². The highest BCUT2D eigenvalue weighted by atomic mass is 35.5. The van der Waals surface area contributed by atoms with E-state index >= 15 is 0 Å². The van der Waals surface area contributed by atoms with Gasteiger partial charge in [-0.25, -0.2) is 4.98 Å². The molecule has 2 aromatic carbocycles. The molecule has 0 bridgehead atoms. The Labute approximate surface area is 409 Å². The number of amides is 9. The van der Waals surface area contributed by atoms with Crippen LogP contribution in [0.1, 0.15) is 70.7 Å². The highest BCUT2D eigenvalue weighted by molar-refractivity contribution is 6.30. The number of hydrogen-bond donors (Lipinski definition) is 12. The number of carbonyl (C=O) groups is 9. The predicted molar refractivity (Wildman–Crippen MR) is 260 cm³/mol. The molecular weight excluding hydrogens is 926 g/mol. The number of nitrogens with one attached hydrogen (secondary N) is 9. The third-order valence-corrected chi connectivity index (χ3v) is 11.4. The van der Waals surface area contributed by atoms with Gasteiger partial charge >= 0.3 is 0 Å². The number of benzene rings is 2. The Morgan fingerprint density at radius 1 is 0.671 bits per heavy atom. The quantitative estimate of drug-likeness (QED) is 0.0358. The van der Waals surface area contributed by atoms with E-state index < -0.39 is 108 Å². The zero-order valence-corrected chi connectivity index (χ0v) is 40.5. The summed E-state index contributed by atoms with van der Waals surface area (Å²) in [6.45, 7) is 7.77. The zero-order valence-electron chi connectivity index (χ0n) is 39.7. The maximum atomic E-state index is 14.1. The Bertz CT molecular complexity index is 2460. The monoisotopic (exact) mass is 989 g/mol. The first-order valence-electron chi connectivity index (χ1n) is 22.8. The summed E-state index contributed by atoms with van der Waals surface area (Å²) in [4.78, 5) is 129. The van der Waals surface area contributed by atoms with E-state index in [9.17, 15) is 43.2 Å². The van der Waals surface area contributed by atoms with E-state index in [0.29, 0.717) is 21.8 Å². The molecule has 2 heterocycles. The Morgan fingerprint density at radius 2 is 1.30 bits per heavy atom. The molecule has 9 amide bonds. The van der Waals surface area contributed by atoms with E-state index in [1.165, 1.54) is 19.4 Å². The van der Waals surface area contributed by atoms with Gasteiger partial charge in [0.15, 0.2) is 0 Å². The second-order valence-corrected chi connectivity index (χ2v) is 18.2. The first kappa shape index (κ1) is 55.3. The first-order valence-corrected chi connectivity index (χ1v) is 23.2. The largest absolute Gasteiger partial charge is 0.370 e. The van der Waals surface area contributed by atoms with Crippen LogP contribution in [0.4, 0.5) is 0 Å². The van der Waals surface area contributed by atoms with Crippen LogP contribution in [0.5, 0.6) is 0 Å². The van der Waals surface area contributed by atoms with Crippen LogP contribution in [-0.2, 0) is 62.4 Å². The molecule has 22 nitrogen and oxygen atoms in total. The van der Waals surface area contributed by atoms with Gasteiger partial charge in [-0.05, 0) is 67.3 Å². The van der Waals surface area contributed by atoms with Crippen LogP contribution in [0.2, 0.25) is 5.02 Å². The molecule has 0 unspecified atom stereocenters. The van der Waals surface area contributed by atoms with Crippen molar-refractivity contribution in [2.24, 2.45) is 29.0 Å². The fourth-order valence-electron chi connectivity index (χ4n) is 7.33. The molecule has 0 aliphatic carbocycles. The molecule has 0 aliphatic heterocycles. The topological polar surface area (TPSA) is 360 Å². The lowest BCUT2D eigenvalue weighted by atomic mass is 10.0. The standard InChI is InChI=1S/C47H64ClN13O9/c1-24(2)16-35(41(51)64)59-46(69)37(19-30-21-52-23-55-30)57-39(63)22-54-47(70)40(25(3)4)61-42(65)26(5)56-45(68)36(18-28-20-53-33-9-7-6-8-31(28)33)60-44(67)34(14-15-38(50)62)58-43(66)32(49)17-27-10-12-29(48)13-11-27/h6-13,20-21,23-26,32,34-37,40,53H,14-19,22,49H2,1-5H3,(H2,50,62)(H2,51,64)(H,52,55)(H,54,70)(H,56,68)(H,57,63)(H,58,66)(H,59,69)(H,60,67)(H,61,65)/t26-,32+,34-,35-,36-,37-,40-/m0/s1. The summed E-state index contributed by atoms with van der Waals surface area (Å²) in [6.07, 6.45) is 4.24. The molecule has 4 rings (SSSR count). The lowest BCUT2D eigenvalue weighted by Crippen LogP contribution is -2.59. The van der Waals surface area contributed by atoms with Crippen molar-refractivity contribution in [2.45, 2.75) is 115 Å². The van der Waals surface area contributed by atoms with Gasteiger partial charge in [0.25, 0.3) is 0 Å². The van der Waals surface area contributed by atoms with Crippen LogP contribution >= 0.6 is 11.6 Å². The molecule has 23 heteroatoms. The molecule has 378 valence electrons. The van der Waals surface area contributed by atoms with Crippen LogP contribution in [0, 0.1) is 11.8 Å². The Morgan fingerprint density at radius 3 is 1.93 bits per heavy atom. The number of carbonyl (C=O) groups excluding carboxylic acids is 9. The summed E-state index contributed by atoms with van der Waals surface area (Å²) >= 11 is 5.98. The van der Waals surface area contributed by atoms with Crippen LogP contribution < -0.4 is 54.4 Å². The number of rotatable bonds is 27. The second-order valence-electron chi connectivity index (χ2n) is 17.8. The van der Waals surface area contributed by atoms with Crippen molar-refractivity contribution < 1.29 is 43.2 Å². The number of aromatic amines is 2. The Hall–Kier alpha value is -7.33. The number of imidazole rings is 1. The Balaban J connectivity index is 1.44. The van der Waals surface area contributed by atoms with Crippen molar-refractivity contribution >= 4 is 75.7 Å². The molecule has 70 heavy (non-hydrogen) atoms. The number of hydrogen-bond acceptors (Lipinski definition) is 11. The van der Waals surface area contributed by atoms with E-state index in [1.807, 2.05) is 32.0 Å². The fraction of sp³-hybridized carbons (Fsp3) is 0.447. The van der Waals surface area contributed by atoms with Gasteiger partial charge < -0.3 is 64.4 Å². The van der Waals surface area contributed by atoms with E-state index in [-0.39, 0.29) is 44.4 Å². The van der Waals surface area contributed by atoms with E-state index in [1.54, 1.807) is 50.4 Å². The number of para-hydroxylation sites is 1. The second kappa shape index (κ2) is 26.4. The minimum Gasteiger partial charge on any atom is -0.370 e. The smallest absolute Gasteiger partial charge is 0.243 e. The van der Waals surface area contributed by atoms with Crippen LogP contribution in [0.15, 0.2) is 67.3 Å². The average molecular weight is 991 g/mol. The van der Waals surface area contributed by atoms with Crippen LogP contribution in [0.3, 0.4) is 0 Å². The third-order valence-electron chi connectivity index (χ3n) is 11.2. The van der Waals surface area contributed by atoms with Crippen molar-refractivity contribution in [3.63, 3.8) is 0 Å². The molecule has 2 aromatic heterocycles. The average Bonchev–Trinajstić information content (AvgIpc) is 3.98. The number of nitrogens with zero attached hydrogens (tertiary/aromatic N) is 1. The van der Waals surface area contributed by atoms with Gasteiger partial charge in [-0.2, -0.15) is 0 Å². The van der Waals surface area contributed by atoms with Gasteiger partial charge in [0, 0.05) is 53.3 Å². The van der Waals surface area contributed by atoms with Gasteiger partial charge in [-0.1, -0.05) is 69.6 Å². The number of aromatic nitrogens is 3. The molecule has 4 aromatic rings. The summed E-state index contributed by atoms with van der Waals surface area (Å²) in [7, 11) is 0. The van der Waals surface area contributed by atoms with Crippen molar-refractivity contribution in [1.29, 1.82) is 0 Å². The summed E-state index contributed by atoms with van der Waals surface area (Å²) in [6, 6.07) is 5.44. The molecular formula is C47H64ClN13O9. The lowest BCUT2D eigenvalue weighted by Gasteiger charge is -2.26. The minimum atomic E-state index is -1.36. The van der Waals surface area contributed by atoms with Gasteiger partial charge in [0.2, 0.25) is 53.2 Å². The molecule has 15 N–H and O–H groups in total. The lowest BCUT2D eigenvalue weighted by molar-refractivity contribution is -0.135. The SMILES string of the molecule is CC(C)C[C@H](NC(=O)[C@H](Cc1cnc[nH]1)NC(=O)CNC(=O)[C@@H](NC(=O)[C@H](C)NC(=O)[C@H](Cc1c[nH]c2ccccc12)NC(=O)[C@H](CCC(N)=O)NC(=O)[C@H](N)Cc1ccc(Cl)cc1)C(C)C)C(N)=O. The molecule has 0 saturated heterocycles. The summed E-state index contributed by atoms with van der Waals surface area (Å²) in [5.74, 6) is -7.33. The minimum absolute atomic E-state index is 0.0166.